The minimum absolute atomic E-state index is 0.200. The minimum atomic E-state index is -0.293. The quantitative estimate of drug-likeness (QED) is 0.819. The molecule has 1 aromatic carbocycles. The topological polar surface area (TPSA) is 20.2 Å². The predicted octanol–water partition coefficient (Wildman–Crippen LogP) is 3.81. The summed E-state index contributed by atoms with van der Waals surface area (Å²) in [7, 11) is 0. The van der Waals surface area contributed by atoms with Crippen molar-refractivity contribution in [1.29, 1.82) is 0 Å². The Morgan fingerprint density at radius 2 is 2.12 bits per heavy atom. The first-order chi connectivity index (χ1) is 8.00. The van der Waals surface area contributed by atoms with E-state index < -0.39 is 0 Å². The summed E-state index contributed by atoms with van der Waals surface area (Å²) in [5.41, 5.74) is 4.13. The van der Waals surface area contributed by atoms with E-state index in [0.717, 1.165) is 19.3 Å². The van der Waals surface area contributed by atoms with Crippen LogP contribution in [0.25, 0.3) is 5.57 Å². The molecule has 0 spiro atoms. The first-order valence-electron chi connectivity index (χ1n) is 6.48. The van der Waals surface area contributed by atoms with E-state index >= 15 is 0 Å². The average molecular weight is 230 g/mol. The fraction of sp³-hybridized carbons (Fsp3) is 0.500. The lowest BCUT2D eigenvalue weighted by Crippen LogP contribution is -2.24. The van der Waals surface area contributed by atoms with E-state index in [0.29, 0.717) is 0 Å². The van der Waals surface area contributed by atoms with Gasteiger partial charge in [-0.1, -0.05) is 51.1 Å². The summed E-state index contributed by atoms with van der Waals surface area (Å²) in [6.45, 7) is 6.63. The van der Waals surface area contributed by atoms with Gasteiger partial charge in [0.05, 0.1) is 6.10 Å². The van der Waals surface area contributed by atoms with Crippen LogP contribution < -0.4 is 0 Å². The smallest absolute Gasteiger partial charge is 0.0732 e. The number of hydrogen-bond acceptors (Lipinski definition) is 1. The highest BCUT2D eigenvalue weighted by Crippen LogP contribution is 2.39. The third kappa shape index (κ3) is 2.98. The lowest BCUT2D eigenvalue weighted by molar-refractivity contribution is 0.146. The van der Waals surface area contributed by atoms with Gasteiger partial charge in [0.25, 0.3) is 0 Å². The molecule has 1 aliphatic rings. The highest BCUT2D eigenvalue weighted by atomic mass is 16.3. The highest BCUT2D eigenvalue weighted by molar-refractivity contribution is 5.68. The molecule has 0 radical (unpaired) electrons. The van der Waals surface area contributed by atoms with Gasteiger partial charge in [-0.05, 0) is 41.4 Å². The fourth-order valence-electron chi connectivity index (χ4n) is 2.69. The molecule has 0 bridgehead atoms. The van der Waals surface area contributed by atoms with Gasteiger partial charge in [0.1, 0.15) is 0 Å². The van der Waals surface area contributed by atoms with Crippen LogP contribution >= 0.6 is 0 Å². The van der Waals surface area contributed by atoms with Crippen LogP contribution in [0.1, 0.15) is 44.7 Å². The van der Waals surface area contributed by atoms with Crippen LogP contribution in [0.3, 0.4) is 0 Å². The van der Waals surface area contributed by atoms with Crippen molar-refractivity contribution in [3.63, 3.8) is 0 Å². The monoisotopic (exact) mass is 230 g/mol. The van der Waals surface area contributed by atoms with Crippen LogP contribution in [-0.4, -0.2) is 11.2 Å². The molecule has 1 unspecified atom stereocenters. The molecule has 0 fully saturated rings. The van der Waals surface area contributed by atoms with Crippen molar-refractivity contribution in [2.45, 2.75) is 46.1 Å². The van der Waals surface area contributed by atoms with Crippen LogP contribution in [0, 0.1) is 5.41 Å². The Hall–Kier alpha value is -1.08. The van der Waals surface area contributed by atoms with E-state index in [2.05, 4.69) is 45.0 Å². The van der Waals surface area contributed by atoms with Crippen LogP contribution in [0.15, 0.2) is 30.3 Å². The molecule has 0 saturated carbocycles. The van der Waals surface area contributed by atoms with Crippen molar-refractivity contribution < 1.29 is 5.11 Å². The van der Waals surface area contributed by atoms with Crippen molar-refractivity contribution in [2.24, 2.45) is 5.41 Å². The SMILES string of the molecule is CCc1cccc(C2=CC(O)CC(C)(C)C2)c1. The zero-order valence-corrected chi connectivity index (χ0v) is 11.0. The third-order valence-electron chi connectivity index (χ3n) is 3.53. The van der Waals surface area contributed by atoms with Gasteiger partial charge in [-0.25, -0.2) is 0 Å². The number of rotatable bonds is 2. The molecule has 1 aliphatic carbocycles. The van der Waals surface area contributed by atoms with Crippen molar-refractivity contribution in [3.05, 3.63) is 41.5 Å². The molecule has 0 heterocycles. The number of aryl methyl sites for hydroxylation is 1. The number of benzene rings is 1. The first-order valence-corrected chi connectivity index (χ1v) is 6.48. The second-order valence-electron chi connectivity index (χ2n) is 5.86. The number of allylic oxidation sites excluding steroid dienone is 1. The normalized spacial score (nSPS) is 23.3. The van der Waals surface area contributed by atoms with Crippen molar-refractivity contribution in [1.82, 2.24) is 0 Å². The molecule has 0 saturated heterocycles. The van der Waals surface area contributed by atoms with Crippen LogP contribution in [-0.2, 0) is 6.42 Å². The Kier molecular flexibility index (Phi) is 3.39. The summed E-state index contributed by atoms with van der Waals surface area (Å²) < 4.78 is 0. The molecule has 17 heavy (non-hydrogen) atoms. The maximum absolute atomic E-state index is 9.93. The van der Waals surface area contributed by atoms with Gasteiger partial charge in [0.15, 0.2) is 0 Å². The summed E-state index contributed by atoms with van der Waals surface area (Å²) in [4.78, 5) is 0. The van der Waals surface area contributed by atoms with Crippen molar-refractivity contribution in [2.75, 3.05) is 0 Å². The number of hydrogen-bond donors (Lipinski definition) is 1. The summed E-state index contributed by atoms with van der Waals surface area (Å²) >= 11 is 0. The largest absolute Gasteiger partial charge is 0.389 e. The van der Waals surface area contributed by atoms with Gasteiger partial charge in [-0.3, -0.25) is 0 Å². The molecule has 1 nitrogen and oxygen atoms in total. The maximum Gasteiger partial charge on any atom is 0.0732 e. The number of aliphatic hydroxyl groups excluding tert-OH is 1. The molecule has 1 N–H and O–H groups in total. The molecule has 0 aromatic heterocycles. The van der Waals surface area contributed by atoms with Gasteiger partial charge >= 0.3 is 0 Å². The maximum atomic E-state index is 9.93. The molecule has 1 atom stereocenters. The van der Waals surface area contributed by atoms with E-state index in [1.165, 1.54) is 16.7 Å². The summed E-state index contributed by atoms with van der Waals surface area (Å²) in [6, 6.07) is 8.68. The van der Waals surface area contributed by atoms with Gasteiger partial charge in [-0.15, -0.1) is 0 Å². The second kappa shape index (κ2) is 4.66. The zero-order chi connectivity index (χ0) is 12.5. The van der Waals surface area contributed by atoms with E-state index in [4.69, 9.17) is 0 Å². The molecule has 1 aromatic rings. The van der Waals surface area contributed by atoms with Crippen LogP contribution in [0.2, 0.25) is 0 Å². The second-order valence-corrected chi connectivity index (χ2v) is 5.86. The van der Waals surface area contributed by atoms with E-state index in [-0.39, 0.29) is 11.5 Å². The van der Waals surface area contributed by atoms with E-state index in [9.17, 15) is 5.11 Å². The van der Waals surface area contributed by atoms with Crippen molar-refractivity contribution in [3.8, 4) is 0 Å². The lowest BCUT2D eigenvalue weighted by atomic mass is 9.74. The standard InChI is InChI=1S/C16H22O/c1-4-12-6-5-7-13(8-12)14-9-15(17)11-16(2,3)10-14/h5-9,15,17H,4,10-11H2,1-3H3. The summed E-state index contributed by atoms with van der Waals surface area (Å²) in [5, 5.41) is 9.93. The highest BCUT2D eigenvalue weighted by Gasteiger charge is 2.28. The Bertz CT molecular complexity index is 429. The van der Waals surface area contributed by atoms with Gasteiger partial charge in [-0.2, -0.15) is 0 Å². The zero-order valence-electron chi connectivity index (χ0n) is 11.0. The van der Waals surface area contributed by atoms with Crippen molar-refractivity contribution >= 4 is 5.57 Å². The molecule has 1 heteroatoms. The Morgan fingerprint density at radius 3 is 2.76 bits per heavy atom. The van der Waals surface area contributed by atoms with Crippen LogP contribution in [0.5, 0.6) is 0 Å². The molecule has 2 rings (SSSR count). The van der Waals surface area contributed by atoms with Gasteiger partial charge in [0, 0.05) is 0 Å². The van der Waals surface area contributed by atoms with Gasteiger partial charge in [0.2, 0.25) is 0 Å². The average Bonchev–Trinajstić information content (AvgIpc) is 2.26. The fourth-order valence-corrected chi connectivity index (χ4v) is 2.69. The predicted molar refractivity (Wildman–Crippen MR) is 72.8 cm³/mol. The minimum Gasteiger partial charge on any atom is -0.389 e. The molecule has 0 amide bonds. The molecule has 0 aliphatic heterocycles. The van der Waals surface area contributed by atoms with E-state index in [1.807, 2.05) is 6.08 Å². The third-order valence-corrected chi connectivity index (χ3v) is 3.53. The first kappa shape index (κ1) is 12.4. The molecule has 92 valence electrons. The molecular formula is C16H22O. The van der Waals surface area contributed by atoms with Crippen LogP contribution in [0.4, 0.5) is 0 Å². The number of aliphatic hydroxyl groups is 1. The molecular weight excluding hydrogens is 208 g/mol. The lowest BCUT2D eigenvalue weighted by Gasteiger charge is -2.32. The van der Waals surface area contributed by atoms with Gasteiger partial charge < -0.3 is 5.11 Å². The summed E-state index contributed by atoms with van der Waals surface area (Å²) in [6.07, 6.45) is 4.72. The Morgan fingerprint density at radius 1 is 1.35 bits per heavy atom. The Balaban J connectivity index is 2.32. The van der Waals surface area contributed by atoms with E-state index in [1.54, 1.807) is 0 Å². The Labute approximate surface area is 104 Å². The summed E-state index contributed by atoms with van der Waals surface area (Å²) in [5.74, 6) is 0.